The second-order valence-electron chi connectivity index (χ2n) is 0.914. The molecule has 2 nitrogen and oxygen atoms in total. The Morgan fingerprint density at radius 1 is 1.43 bits per heavy atom. The van der Waals surface area contributed by atoms with Crippen LogP contribution < -0.4 is 0 Å². The molecule has 0 aliphatic carbocycles. The quantitative estimate of drug-likeness (QED) is 0.420. The predicted octanol–water partition coefficient (Wildman–Crippen LogP) is 0.545. The van der Waals surface area contributed by atoms with Gasteiger partial charge in [-0.25, -0.2) is 0 Å². The third-order valence-corrected chi connectivity index (χ3v) is 2.35. The maximum absolute atomic E-state index is 5.36. The molecule has 0 aromatic carbocycles. The molecule has 0 N–H and O–H groups in total. The summed E-state index contributed by atoms with van der Waals surface area (Å²) in [6, 6.07) is 0. The van der Waals surface area contributed by atoms with Crippen LogP contribution in [-0.2, 0) is 8.85 Å². The smallest absolute Gasteiger partial charge is 0.396 e. The van der Waals surface area contributed by atoms with Crippen LogP contribution in [-0.4, -0.2) is 29.0 Å². The van der Waals surface area contributed by atoms with Gasteiger partial charge in [0.1, 0.15) is 0 Å². The third-order valence-electron chi connectivity index (χ3n) is 0.564. The molecule has 4 heteroatoms. The molecule has 0 spiro atoms. The Morgan fingerprint density at radius 3 is 1.86 bits per heavy atom. The molecule has 1 radical (unpaired) electrons. The van der Waals surface area contributed by atoms with E-state index in [1.807, 2.05) is 0 Å². The molecule has 0 bridgehead atoms. The summed E-state index contributed by atoms with van der Waals surface area (Å²) in [6.07, 6.45) is 0. The van der Waals surface area contributed by atoms with E-state index in [0.717, 1.165) is 0 Å². The molecule has 0 saturated heterocycles. The topological polar surface area (TPSA) is 18.5 Å². The molecule has 0 amide bonds. The van der Waals surface area contributed by atoms with Crippen molar-refractivity contribution in [2.75, 3.05) is 19.7 Å². The van der Waals surface area contributed by atoms with Crippen LogP contribution in [0.1, 0.15) is 0 Å². The highest BCUT2D eigenvalue weighted by Gasteiger charge is 2.07. The molecular weight excluding hydrogens is 132 g/mol. The molecule has 0 atom stereocenters. The van der Waals surface area contributed by atoms with E-state index in [2.05, 4.69) is 0 Å². The Labute approximate surface area is 50.2 Å². The van der Waals surface area contributed by atoms with Gasteiger partial charge >= 0.3 is 9.28 Å². The van der Waals surface area contributed by atoms with Gasteiger partial charge in [-0.2, -0.15) is 0 Å². The van der Waals surface area contributed by atoms with Crippen LogP contribution in [0.4, 0.5) is 0 Å². The zero-order chi connectivity index (χ0) is 5.70. The molecule has 0 saturated carbocycles. The van der Waals surface area contributed by atoms with E-state index in [1.54, 1.807) is 14.2 Å². The molecule has 43 valence electrons. The van der Waals surface area contributed by atoms with Gasteiger partial charge in [-0.05, 0) is 0 Å². The average Bonchev–Trinajstić information content (AvgIpc) is 1.72. The summed E-state index contributed by atoms with van der Waals surface area (Å²) >= 11 is 5.36. The van der Waals surface area contributed by atoms with Crippen LogP contribution in [0.2, 0.25) is 0 Å². The minimum atomic E-state index is -1.10. The number of halogens is 1. The monoisotopic (exact) mass is 139 g/mol. The van der Waals surface area contributed by atoms with Crippen LogP contribution in [0.25, 0.3) is 0 Å². The molecule has 0 fully saturated rings. The number of alkyl halides is 1. The van der Waals surface area contributed by atoms with Crippen molar-refractivity contribution in [3.63, 3.8) is 0 Å². The van der Waals surface area contributed by atoms with Gasteiger partial charge in [-0.15, -0.1) is 11.6 Å². The minimum Gasteiger partial charge on any atom is -0.396 e. The molecule has 0 unspecified atom stereocenters. The number of hydrogen-bond acceptors (Lipinski definition) is 2. The van der Waals surface area contributed by atoms with Crippen molar-refractivity contribution >= 4 is 20.9 Å². The molecule has 0 heterocycles. The SMILES string of the molecule is CO[Si](CCl)OC. The molecule has 0 aromatic heterocycles. The summed E-state index contributed by atoms with van der Waals surface area (Å²) in [5.74, 6) is 0. The largest absolute Gasteiger partial charge is 0.400 e. The van der Waals surface area contributed by atoms with E-state index in [0.29, 0.717) is 5.50 Å². The van der Waals surface area contributed by atoms with Gasteiger partial charge in [-0.3, -0.25) is 0 Å². The highest BCUT2D eigenvalue weighted by Crippen LogP contribution is 1.85. The van der Waals surface area contributed by atoms with Crippen molar-refractivity contribution in [1.29, 1.82) is 0 Å². The van der Waals surface area contributed by atoms with Crippen LogP contribution in [0.3, 0.4) is 0 Å². The van der Waals surface area contributed by atoms with E-state index in [9.17, 15) is 0 Å². The van der Waals surface area contributed by atoms with E-state index in [1.165, 1.54) is 0 Å². The number of hydrogen-bond donors (Lipinski definition) is 0. The van der Waals surface area contributed by atoms with Crippen LogP contribution in [0, 0.1) is 0 Å². The van der Waals surface area contributed by atoms with Gasteiger partial charge in [-0.1, -0.05) is 0 Å². The molecule has 0 rings (SSSR count). The normalized spacial score (nSPS) is 10.3. The third kappa shape index (κ3) is 3.05. The maximum atomic E-state index is 5.36. The van der Waals surface area contributed by atoms with Crippen molar-refractivity contribution in [2.24, 2.45) is 0 Å². The zero-order valence-corrected chi connectivity index (χ0v) is 6.16. The highest BCUT2D eigenvalue weighted by molar-refractivity contribution is 6.56. The Hall–Kier alpha value is 0.427. The number of rotatable bonds is 3. The van der Waals surface area contributed by atoms with Gasteiger partial charge in [0, 0.05) is 14.2 Å². The van der Waals surface area contributed by atoms with Crippen LogP contribution in [0.5, 0.6) is 0 Å². The summed E-state index contributed by atoms with van der Waals surface area (Å²) in [6.45, 7) is 0. The molecular formula is C3H8ClO2Si. The molecule has 0 aromatic rings. The van der Waals surface area contributed by atoms with Crippen molar-refractivity contribution in [1.82, 2.24) is 0 Å². The summed E-state index contributed by atoms with van der Waals surface area (Å²) in [4.78, 5) is 0. The lowest BCUT2D eigenvalue weighted by Gasteiger charge is -2.01. The summed E-state index contributed by atoms with van der Waals surface area (Å²) in [7, 11) is 2.10. The van der Waals surface area contributed by atoms with Crippen LogP contribution in [0.15, 0.2) is 0 Å². The highest BCUT2D eigenvalue weighted by atomic mass is 35.5. The van der Waals surface area contributed by atoms with Gasteiger partial charge in [0.15, 0.2) is 0 Å². The van der Waals surface area contributed by atoms with Crippen molar-refractivity contribution in [2.45, 2.75) is 0 Å². The zero-order valence-electron chi connectivity index (χ0n) is 4.40. The summed E-state index contributed by atoms with van der Waals surface area (Å²) < 4.78 is 9.59. The minimum absolute atomic E-state index is 0.484. The lowest BCUT2D eigenvalue weighted by Crippen LogP contribution is -2.20. The summed E-state index contributed by atoms with van der Waals surface area (Å²) in [5.41, 5.74) is 0.484. The lowest BCUT2D eigenvalue weighted by molar-refractivity contribution is 0.284. The van der Waals surface area contributed by atoms with Gasteiger partial charge in [0.25, 0.3) is 0 Å². The van der Waals surface area contributed by atoms with E-state index in [4.69, 9.17) is 20.5 Å². The van der Waals surface area contributed by atoms with Crippen molar-refractivity contribution in [3.05, 3.63) is 0 Å². The van der Waals surface area contributed by atoms with Gasteiger partial charge < -0.3 is 8.85 Å². The Kier molecular flexibility index (Phi) is 4.86. The van der Waals surface area contributed by atoms with Gasteiger partial charge in [0.2, 0.25) is 0 Å². The maximum Gasteiger partial charge on any atom is 0.400 e. The van der Waals surface area contributed by atoms with Crippen molar-refractivity contribution < 1.29 is 8.85 Å². The second kappa shape index (κ2) is 4.58. The first-order valence-electron chi connectivity index (χ1n) is 1.85. The predicted molar refractivity (Wildman–Crippen MR) is 30.5 cm³/mol. The standard InChI is InChI=1S/C3H8ClO2Si/c1-5-7(3-4)6-2/h3H2,1-2H3. The molecule has 0 aliphatic heterocycles. The first kappa shape index (κ1) is 7.43. The van der Waals surface area contributed by atoms with E-state index < -0.39 is 9.28 Å². The fraction of sp³-hybridized carbons (Fsp3) is 1.00. The van der Waals surface area contributed by atoms with Gasteiger partial charge in [0.05, 0.1) is 5.50 Å². The average molecular weight is 140 g/mol. The second-order valence-corrected chi connectivity index (χ2v) is 3.54. The Bertz CT molecular complexity index is 34.4. The van der Waals surface area contributed by atoms with Crippen molar-refractivity contribution in [3.8, 4) is 0 Å². The first-order valence-corrected chi connectivity index (χ1v) is 3.90. The molecule has 7 heavy (non-hydrogen) atoms. The van der Waals surface area contributed by atoms with Crippen LogP contribution >= 0.6 is 11.6 Å². The lowest BCUT2D eigenvalue weighted by atomic mass is 11.8. The van der Waals surface area contributed by atoms with E-state index in [-0.39, 0.29) is 0 Å². The summed E-state index contributed by atoms with van der Waals surface area (Å²) in [5, 5.41) is 0. The Morgan fingerprint density at radius 2 is 1.86 bits per heavy atom. The van der Waals surface area contributed by atoms with E-state index >= 15 is 0 Å². The Balaban J connectivity index is 2.99. The first-order chi connectivity index (χ1) is 3.35. The fourth-order valence-electron chi connectivity index (χ4n) is 0.192. The molecule has 0 aliphatic rings. The fourth-order valence-corrected chi connectivity index (χ4v) is 1.23.